The molecule has 1 saturated carbocycles. The largest absolute Gasteiger partial charge is 0.356 e. The second kappa shape index (κ2) is 10.4. The zero-order valence-corrected chi connectivity index (χ0v) is 16.2. The maximum atomic E-state index is 4.35. The third-order valence-corrected chi connectivity index (χ3v) is 4.82. The van der Waals surface area contributed by atoms with Crippen molar-refractivity contribution in [1.82, 2.24) is 10.6 Å². The monoisotopic (exact) mass is 421 g/mol. The summed E-state index contributed by atoms with van der Waals surface area (Å²) in [5, 5.41) is 9.19. The summed E-state index contributed by atoms with van der Waals surface area (Å²) >= 11 is 1.85. The van der Waals surface area contributed by atoms with E-state index < -0.39 is 0 Å². The zero-order chi connectivity index (χ0) is 14.2. The Morgan fingerprint density at radius 2 is 2.14 bits per heavy atom. The molecule has 1 heterocycles. The lowest BCUT2D eigenvalue weighted by molar-refractivity contribution is 0.408. The molecule has 1 aliphatic carbocycles. The van der Waals surface area contributed by atoms with Gasteiger partial charge < -0.3 is 10.6 Å². The van der Waals surface area contributed by atoms with Crippen molar-refractivity contribution in [3.05, 3.63) is 22.4 Å². The summed E-state index contributed by atoms with van der Waals surface area (Å²) in [7, 11) is 1.86. The molecule has 0 bridgehead atoms. The van der Waals surface area contributed by atoms with E-state index in [1.54, 1.807) is 0 Å². The van der Waals surface area contributed by atoms with Crippen LogP contribution in [0.2, 0.25) is 0 Å². The smallest absolute Gasteiger partial charge is 0.191 e. The average Bonchev–Trinajstić information content (AvgIpc) is 2.97. The number of nitrogens with one attached hydrogen (secondary N) is 2. The Bertz CT molecular complexity index is 400. The van der Waals surface area contributed by atoms with E-state index in [0.29, 0.717) is 12.0 Å². The first-order chi connectivity index (χ1) is 9.78. The Morgan fingerprint density at radius 1 is 1.38 bits per heavy atom. The minimum atomic E-state index is 0. The van der Waals surface area contributed by atoms with Crippen LogP contribution in [0, 0.1) is 5.92 Å². The lowest BCUT2D eigenvalue weighted by Gasteiger charge is -2.25. The van der Waals surface area contributed by atoms with Gasteiger partial charge in [0.1, 0.15) is 0 Å². The zero-order valence-electron chi connectivity index (χ0n) is 13.1. The first-order valence-electron chi connectivity index (χ1n) is 7.77. The summed E-state index contributed by atoms with van der Waals surface area (Å²) in [5.74, 6) is 1.59. The summed E-state index contributed by atoms with van der Waals surface area (Å²) in [6.45, 7) is 3.27. The molecule has 120 valence electrons. The van der Waals surface area contributed by atoms with Crippen molar-refractivity contribution in [2.24, 2.45) is 10.9 Å². The quantitative estimate of drug-likeness (QED) is 0.428. The van der Waals surface area contributed by atoms with Crippen LogP contribution < -0.4 is 10.6 Å². The molecule has 5 heteroatoms. The maximum absolute atomic E-state index is 4.35. The van der Waals surface area contributed by atoms with E-state index in [1.807, 2.05) is 18.4 Å². The van der Waals surface area contributed by atoms with Gasteiger partial charge in [0, 0.05) is 24.5 Å². The highest BCUT2D eigenvalue weighted by Crippen LogP contribution is 2.17. The first-order valence-corrected chi connectivity index (χ1v) is 8.65. The van der Waals surface area contributed by atoms with E-state index in [9.17, 15) is 0 Å². The fourth-order valence-corrected chi connectivity index (χ4v) is 3.62. The lowest BCUT2D eigenvalue weighted by Crippen LogP contribution is -2.45. The summed E-state index contributed by atoms with van der Waals surface area (Å²) in [4.78, 5) is 5.82. The highest BCUT2D eigenvalue weighted by Gasteiger charge is 2.14. The molecule has 1 aliphatic rings. The number of rotatable bonds is 5. The predicted molar refractivity (Wildman–Crippen MR) is 104 cm³/mol. The van der Waals surface area contributed by atoms with Crippen molar-refractivity contribution < 1.29 is 0 Å². The van der Waals surface area contributed by atoms with Crippen molar-refractivity contribution in [2.75, 3.05) is 13.6 Å². The summed E-state index contributed by atoms with van der Waals surface area (Å²) in [5.41, 5.74) is 0. The van der Waals surface area contributed by atoms with Crippen LogP contribution in [-0.4, -0.2) is 25.6 Å². The molecule has 0 radical (unpaired) electrons. The van der Waals surface area contributed by atoms with Crippen LogP contribution in [-0.2, 0) is 6.42 Å². The van der Waals surface area contributed by atoms with Gasteiger partial charge in [-0.15, -0.1) is 35.3 Å². The van der Waals surface area contributed by atoms with Gasteiger partial charge in [-0.05, 0) is 36.6 Å². The molecule has 1 aromatic heterocycles. The standard InChI is InChI=1S/C16H27N3S.HI/c1-13(11-15-9-6-10-20-15)12-18-16(17-2)19-14-7-4-3-5-8-14;/h6,9-10,13-14H,3-5,7-8,11-12H2,1-2H3,(H2,17,18,19);1H. The van der Waals surface area contributed by atoms with Crippen molar-refractivity contribution in [1.29, 1.82) is 0 Å². The molecule has 1 aromatic rings. The van der Waals surface area contributed by atoms with Gasteiger partial charge >= 0.3 is 0 Å². The van der Waals surface area contributed by atoms with Crippen LogP contribution in [0.1, 0.15) is 43.9 Å². The number of guanidine groups is 1. The minimum Gasteiger partial charge on any atom is -0.356 e. The van der Waals surface area contributed by atoms with E-state index in [2.05, 4.69) is 40.1 Å². The molecule has 21 heavy (non-hydrogen) atoms. The van der Waals surface area contributed by atoms with Crippen molar-refractivity contribution >= 4 is 41.3 Å². The van der Waals surface area contributed by atoms with Crippen molar-refractivity contribution in [3.8, 4) is 0 Å². The summed E-state index contributed by atoms with van der Waals surface area (Å²) < 4.78 is 0. The van der Waals surface area contributed by atoms with Crippen LogP contribution in [0.5, 0.6) is 0 Å². The number of hydrogen-bond donors (Lipinski definition) is 2. The fourth-order valence-electron chi connectivity index (χ4n) is 2.75. The summed E-state index contributed by atoms with van der Waals surface area (Å²) in [6, 6.07) is 4.96. The minimum absolute atomic E-state index is 0. The summed E-state index contributed by atoms with van der Waals surface area (Å²) in [6.07, 6.45) is 7.80. The Hall–Kier alpha value is -0.300. The Kier molecular flexibility index (Phi) is 9.31. The third-order valence-electron chi connectivity index (χ3n) is 3.92. The van der Waals surface area contributed by atoms with Gasteiger partial charge in [-0.1, -0.05) is 32.3 Å². The van der Waals surface area contributed by atoms with E-state index in [4.69, 9.17) is 0 Å². The number of halogens is 1. The topological polar surface area (TPSA) is 36.4 Å². The van der Waals surface area contributed by atoms with E-state index in [-0.39, 0.29) is 24.0 Å². The highest BCUT2D eigenvalue weighted by atomic mass is 127. The SMILES string of the molecule is CN=C(NCC(C)Cc1cccs1)NC1CCCCC1.I. The van der Waals surface area contributed by atoms with E-state index >= 15 is 0 Å². The number of nitrogens with zero attached hydrogens (tertiary/aromatic N) is 1. The van der Waals surface area contributed by atoms with Gasteiger partial charge in [-0.25, -0.2) is 0 Å². The third kappa shape index (κ3) is 7.00. The van der Waals surface area contributed by atoms with Gasteiger partial charge in [-0.2, -0.15) is 0 Å². The second-order valence-corrected chi connectivity index (χ2v) is 6.85. The number of hydrogen-bond acceptors (Lipinski definition) is 2. The predicted octanol–water partition coefficient (Wildman–Crippen LogP) is 4.04. The van der Waals surface area contributed by atoms with Gasteiger partial charge in [0.2, 0.25) is 0 Å². The van der Waals surface area contributed by atoms with Gasteiger partial charge in [0.05, 0.1) is 0 Å². The molecule has 0 aliphatic heterocycles. The van der Waals surface area contributed by atoms with Crippen molar-refractivity contribution in [2.45, 2.75) is 51.5 Å². The molecule has 1 fully saturated rings. The Labute approximate surface area is 150 Å². The molecular weight excluding hydrogens is 393 g/mol. The molecule has 1 unspecified atom stereocenters. The van der Waals surface area contributed by atoms with E-state index in [0.717, 1.165) is 18.9 Å². The maximum Gasteiger partial charge on any atom is 0.191 e. The molecule has 2 N–H and O–H groups in total. The second-order valence-electron chi connectivity index (χ2n) is 5.82. The first kappa shape index (κ1) is 18.7. The fraction of sp³-hybridized carbons (Fsp3) is 0.688. The van der Waals surface area contributed by atoms with E-state index in [1.165, 1.54) is 37.0 Å². The Balaban J connectivity index is 0.00000220. The average molecular weight is 421 g/mol. The highest BCUT2D eigenvalue weighted by molar-refractivity contribution is 14.0. The number of aliphatic imine (C=N–C) groups is 1. The molecule has 3 nitrogen and oxygen atoms in total. The number of thiophene rings is 1. The van der Waals surface area contributed by atoms with Crippen LogP contribution >= 0.6 is 35.3 Å². The molecule has 2 rings (SSSR count). The lowest BCUT2D eigenvalue weighted by atomic mass is 9.96. The normalized spacial score (nSPS) is 17.9. The molecule has 1 atom stereocenters. The van der Waals surface area contributed by atoms with Crippen LogP contribution in [0.4, 0.5) is 0 Å². The van der Waals surface area contributed by atoms with Crippen LogP contribution in [0.25, 0.3) is 0 Å². The van der Waals surface area contributed by atoms with Crippen LogP contribution in [0.3, 0.4) is 0 Å². The van der Waals surface area contributed by atoms with Crippen LogP contribution in [0.15, 0.2) is 22.5 Å². The molecular formula is C16H28IN3S. The van der Waals surface area contributed by atoms with Gasteiger partial charge in [-0.3, -0.25) is 4.99 Å². The molecule has 0 spiro atoms. The molecule has 0 saturated heterocycles. The Morgan fingerprint density at radius 3 is 2.76 bits per heavy atom. The van der Waals surface area contributed by atoms with Gasteiger partial charge in [0.15, 0.2) is 5.96 Å². The molecule has 0 aromatic carbocycles. The molecule has 0 amide bonds. The van der Waals surface area contributed by atoms with Crippen molar-refractivity contribution in [3.63, 3.8) is 0 Å². The van der Waals surface area contributed by atoms with Gasteiger partial charge in [0.25, 0.3) is 0 Å².